The van der Waals surface area contributed by atoms with Crippen LogP contribution in [0.2, 0.25) is 0 Å². The first kappa shape index (κ1) is 25.1. The lowest BCUT2D eigenvalue weighted by Gasteiger charge is -2.14. The Balaban J connectivity index is 1.78. The van der Waals surface area contributed by atoms with Gasteiger partial charge in [0.15, 0.2) is 24.1 Å². The van der Waals surface area contributed by atoms with Crippen molar-refractivity contribution >= 4 is 5.96 Å². The maximum absolute atomic E-state index is 12.4. The SMILES string of the molecule is CCNC(=NCc1ccc(OCC(F)(F)F)c(OC)c1)NCCCOCC1CCOC1. The molecule has 2 rings (SSSR count). The van der Waals surface area contributed by atoms with Crippen molar-refractivity contribution in [3.8, 4) is 11.5 Å². The topological polar surface area (TPSA) is 73.3 Å². The molecule has 0 bridgehead atoms. The minimum absolute atomic E-state index is 0.0433. The first-order chi connectivity index (χ1) is 14.9. The van der Waals surface area contributed by atoms with Crippen LogP contribution in [0.4, 0.5) is 13.2 Å². The predicted octanol–water partition coefficient (Wildman–Crippen LogP) is 3.13. The summed E-state index contributed by atoms with van der Waals surface area (Å²) in [6.07, 6.45) is -2.50. The van der Waals surface area contributed by atoms with E-state index in [1.165, 1.54) is 13.2 Å². The second-order valence-electron chi connectivity index (χ2n) is 7.17. The van der Waals surface area contributed by atoms with Crippen LogP contribution in [0.25, 0.3) is 0 Å². The Morgan fingerprint density at radius 3 is 2.77 bits per heavy atom. The summed E-state index contributed by atoms with van der Waals surface area (Å²) in [5.41, 5.74) is 0.788. The Kier molecular flexibility index (Phi) is 10.7. The van der Waals surface area contributed by atoms with Gasteiger partial charge in [0, 0.05) is 32.2 Å². The van der Waals surface area contributed by atoms with Gasteiger partial charge in [-0.05, 0) is 37.5 Å². The molecule has 7 nitrogen and oxygen atoms in total. The number of benzene rings is 1. The Hall–Kier alpha value is -2.20. The maximum atomic E-state index is 12.4. The van der Waals surface area contributed by atoms with Gasteiger partial charge in [0.2, 0.25) is 0 Å². The second kappa shape index (κ2) is 13.3. The Labute approximate surface area is 181 Å². The van der Waals surface area contributed by atoms with E-state index < -0.39 is 12.8 Å². The van der Waals surface area contributed by atoms with E-state index in [1.807, 2.05) is 6.92 Å². The van der Waals surface area contributed by atoms with Crippen molar-refractivity contribution in [2.45, 2.75) is 32.5 Å². The zero-order chi connectivity index (χ0) is 22.5. The lowest BCUT2D eigenvalue weighted by atomic mass is 10.1. The van der Waals surface area contributed by atoms with E-state index in [0.717, 1.165) is 38.2 Å². The molecule has 1 fully saturated rings. The highest BCUT2D eigenvalue weighted by molar-refractivity contribution is 5.79. The van der Waals surface area contributed by atoms with E-state index in [0.29, 0.717) is 38.1 Å². The van der Waals surface area contributed by atoms with Gasteiger partial charge in [-0.25, -0.2) is 4.99 Å². The number of ether oxygens (including phenoxy) is 4. The van der Waals surface area contributed by atoms with Gasteiger partial charge in [-0.3, -0.25) is 0 Å². The zero-order valence-corrected chi connectivity index (χ0v) is 18.1. The number of nitrogens with zero attached hydrogens (tertiary/aromatic N) is 1. The number of nitrogens with one attached hydrogen (secondary N) is 2. The summed E-state index contributed by atoms with van der Waals surface area (Å²) in [5.74, 6) is 1.44. The van der Waals surface area contributed by atoms with Crippen molar-refractivity contribution in [1.82, 2.24) is 10.6 Å². The molecule has 1 heterocycles. The molecule has 1 aromatic carbocycles. The van der Waals surface area contributed by atoms with Gasteiger partial charge in [-0.2, -0.15) is 13.2 Å². The summed E-state index contributed by atoms with van der Waals surface area (Å²) >= 11 is 0. The molecule has 1 unspecified atom stereocenters. The first-order valence-electron chi connectivity index (χ1n) is 10.5. The van der Waals surface area contributed by atoms with Crippen LogP contribution in [0.3, 0.4) is 0 Å². The maximum Gasteiger partial charge on any atom is 0.422 e. The molecule has 10 heteroatoms. The quantitative estimate of drug-likeness (QED) is 0.291. The standard InChI is InChI=1S/C21H32F3N3O4/c1-3-25-20(26-8-4-9-29-13-17-7-10-30-14-17)27-12-16-5-6-18(19(11-16)28-2)31-15-21(22,23)24/h5-6,11,17H,3-4,7-10,12-15H2,1-2H3,(H2,25,26,27). The van der Waals surface area contributed by atoms with E-state index in [-0.39, 0.29) is 11.5 Å². The first-order valence-corrected chi connectivity index (χ1v) is 10.5. The molecule has 0 amide bonds. The summed E-state index contributed by atoms with van der Waals surface area (Å²) in [7, 11) is 1.39. The molecule has 1 aliphatic rings. The molecule has 0 aliphatic carbocycles. The summed E-state index contributed by atoms with van der Waals surface area (Å²) < 4.78 is 58.1. The molecule has 1 aromatic rings. The molecular formula is C21H32F3N3O4. The van der Waals surface area contributed by atoms with E-state index in [2.05, 4.69) is 15.6 Å². The summed E-state index contributed by atoms with van der Waals surface area (Å²) in [6, 6.07) is 4.75. The van der Waals surface area contributed by atoms with Crippen LogP contribution >= 0.6 is 0 Å². The number of aliphatic imine (C=N–C) groups is 1. The second-order valence-corrected chi connectivity index (χ2v) is 7.17. The van der Waals surface area contributed by atoms with E-state index >= 15 is 0 Å². The van der Waals surface area contributed by atoms with Gasteiger partial charge in [0.1, 0.15) is 0 Å². The number of hydrogen-bond donors (Lipinski definition) is 2. The number of halogens is 3. The molecule has 0 radical (unpaired) electrons. The summed E-state index contributed by atoms with van der Waals surface area (Å²) in [5, 5.41) is 6.42. The molecule has 0 aromatic heterocycles. The highest BCUT2D eigenvalue weighted by atomic mass is 19.4. The minimum Gasteiger partial charge on any atom is -0.493 e. The molecule has 1 saturated heterocycles. The lowest BCUT2D eigenvalue weighted by Crippen LogP contribution is -2.38. The van der Waals surface area contributed by atoms with Gasteiger partial charge in [-0.15, -0.1) is 0 Å². The van der Waals surface area contributed by atoms with Gasteiger partial charge >= 0.3 is 6.18 Å². The predicted molar refractivity (Wildman–Crippen MR) is 112 cm³/mol. The molecular weight excluding hydrogens is 415 g/mol. The van der Waals surface area contributed by atoms with E-state index in [1.54, 1.807) is 12.1 Å². The molecule has 31 heavy (non-hydrogen) atoms. The third-order valence-electron chi connectivity index (χ3n) is 4.52. The average Bonchev–Trinajstić information content (AvgIpc) is 3.26. The van der Waals surface area contributed by atoms with Gasteiger partial charge in [-0.1, -0.05) is 6.07 Å². The Morgan fingerprint density at radius 1 is 1.26 bits per heavy atom. The van der Waals surface area contributed by atoms with Crippen molar-refractivity contribution < 1.29 is 32.1 Å². The fourth-order valence-electron chi connectivity index (χ4n) is 2.95. The van der Waals surface area contributed by atoms with Crippen molar-refractivity contribution in [1.29, 1.82) is 0 Å². The largest absolute Gasteiger partial charge is 0.493 e. The molecule has 1 aliphatic heterocycles. The highest BCUT2D eigenvalue weighted by Crippen LogP contribution is 2.30. The van der Waals surface area contributed by atoms with Crippen LogP contribution in [0.15, 0.2) is 23.2 Å². The van der Waals surface area contributed by atoms with Gasteiger partial charge in [0.05, 0.1) is 26.9 Å². The Bertz CT molecular complexity index is 680. The average molecular weight is 447 g/mol. The van der Waals surface area contributed by atoms with Crippen LogP contribution in [-0.4, -0.2) is 65.4 Å². The van der Waals surface area contributed by atoms with Gasteiger partial charge < -0.3 is 29.6 Å². The van der Waals surface area contributed by atoms with Crippen molar-refractivity contribution in [2.24, 2.45) is 10.9 Å². The highest BCUT2D eigenvalue weighted by Gasteiger charge is 2.29. The zero-order valence-electron chi connectivity index (χ0n) is 18.1. The van der Waals surface area contributed by atoms with Crippen molar-refractivity contribution in [3.05, 3.63) is 23.8 Å². The number of alkyl halides is 3. The van der Waals surface area contributed by atoms with Crippen LogP contribution < -0.4 is 20.1 Å². The molecule has 2 N–H and O–H groups in total. The number of rotatable bonds is 12. The fraction of sp³-hybridized carbons (Fsp3) is 0.667. The number of methoxy groups -OCH3 is 1. The van der Waals surface area contributed by atoms with Crippen molar-refractivity contribution in [2.75, 3.05) is 53.2 Å². The van der Waals surface area contributed by atoms with E-state index in [4.69, 9.17) is 18.9 Å². The minimum atomic E-state index is -4.41. The van der Waals surface area contributed by atoms with Crippen molar-refractivity contribution in [3.63, 3.8) is 0 Å². The van der Waals surface area contributed by atoms with Gasteiger partial charge in [0.25, 0.3) is 0 Å². The summed E-state index contributed by atoms with van der Waals surface area (Å²) in [4.78, 5) is 4.52. The molecule has 176 valence electrons. The van der Waals surface area contributed by atoms with Crippen LogP contribution in [0.5, 0.6) is 11.5 Å². The monoisotopic (exact) mass is 447 g/mol. The van der Waals surface area contributed by atoms with Crippen LogP contribution in [-0.2, 0) is 16.0 Å². The fourth-order valence-corrected chi connectivity index (χ4v) is 2.95. The lowest BCUT2D eigenvalue weighted by molar-refractivity contribution is -0.153. The van der Waals surface area contributed by atoms with E-state index in [9.17, 15) is 13.2 Å². The summed E-state index contributed by atoms with van der Waals surface area (Å²) in [6.45, 7) is 5.37. The third-order valence-corrected chi connectivity index (χ3v) is 4.52. The normalized spacial score (nSPS) is 16.9. The van der Waals surface area contributed by atoms with Crippen LogP contribution in [0, 0.1) is 5.92 Å². The van der Waals surface area contributed by atoms with Crippen LogP contribution in [0.1, 0.15) is 25.3 Å². The Morgan fingerprint density at radius 2 is 2.10 bits per heavy atom. The number of hydrogen-bond acceptors (Lipinski definition) is 5. The molecule has 0 spiro atoms. The third kappa shape index (κ3) is 10.1. The number of guanidine groups is 1. The molecule has 1 atom stereocenters. The smallest absolute Gasteiger partial charge is 0.422 e. The molecule has 0 saturated carbocycles.